The minimum absolute atomic E-state index is 0.350. The number of hydrogen-bond donors (Lipinski definition) is 0. The molecule has 3 heterocycles. The monoisotopic (exact) mass is 297 g/mol. The van der Waals surface area contributed by atoms with E-state index in [4.69, 9.17) is 9.47 Å². The van der Waals surface area contributed by atoms with Crippen LogP contribution in [0.4, 0.5) is 0 Å². The lowest BCUT2D eigenvalue weighted by Crippen LogP contribution is -2.20. The predicted octanol–water partition coefficient (Wildman–Crippen LogP) is 4.42. The van der Waals surface area contributed by atoms with Gasteiger partial charge in [-0.1, -0.05) is 24.3 Å². The molecule has 0 N–H and O–H groups in total. The van der Waals surface area contributed by atoms with Gasteiger partial charge in [0, 0.05) is 22.9 Å². The minimum atomic E-state index is -0.350. The molecule has 0 bridgehead atoms. The van der Waals surface area contributed by atoms with Crippen molar-refractivity contribution in [1.29, 1.82) is 0 Å². The third-order valence-corrected chi connectivity index (χ3v) is 4.54. The molecule has 2 aromatic heterocycles. The Morgan fingerprint density at radius 2 is 2.19 bits per heavy atom. The Hall–Kier alpha value is -2.04. The van der Waals surface area contributed by atoms with Gasteiger partial charge in [-0.05, 0) is 29.7 Å². The lowest BCUT2D eigenvalue weighted by atomic mass is 10.2. The molecule has 1 aromatic carbocycles. The van der Waals surface area contributed by atoms with E-state index in [1.165, 1.54) is 15.8 Å². The largest absolute Gasteiger partial charge is 0.461 e. The third-order valence-electron chi connectivity index (χ3n) is 3.72. The maximum Gasteiger partial charge on any atom is 0.241 e. The lowest BCUT2D eigenvalue weighted by Gasteiger charge is -2.27. The number of thiophene rings is 1. The Bertz CT molecular complexity index is 801. The van der Waals surface area contributed by atoms with E-state index < -0.39 is 0 Å². The van der Waals surface area contributed by atoms with E-state index in [1.807, 2.05) is 6.07 Å². The maximum absolute atomic E-state index is 5.99. The molecule has 3 aromatic rings. The average Bonchev–Trinajstić information content (AvgIpc) is 3.14. The van der Waals surface area contributed by atoms with Crippen molar-refractivity contribution < 1.29 is 9.47 Å². The highest BCUT2D eigenvalue weighted by Crippen LogP contribution is 2.34. The van der Waals surface area contributed by atoms with Gasteiger partial charge in [-0.25, -0.2) is 0 Å². The van der Waals surface area contributed by atoms with Crippen LogP contribution in [0, 0.1) is 0 Å². The van der Waals surface area contributed by atoms with E-state index >= 15 is 0 Å². The molecule has 1 atom stereocenters. The summed E-state index contributed by atoms with van der Waals surface area (Å²) in [6, 6.07) is 14.7. The summed E-state index contributed by atoms with van der Waals surface area (Å²) in [7, 11) is 1.68. The summed E-state index contributed by atoms with van der Waals surface area (Å²) in [6.45, 7) is 0.737. The van der Waals surface area contributed by atoms with Crippen LogP contribution in [0.15, 0.2) is 53.6 Å². The second-order valence-corrected chi connectivity index (χ2v) is 6.00. The number of benzene rings is 1. The molecule has 1 unspecified atom stereocenters. The van der Waals surface area contributed by atoms with Gasteiger partial charge >= 0.3 is 0 Å². The number of methoxy groups -OCH3 is 1. The first-order valence-electron chi connectivity index (χ1n) is 6.87. The number of para-hydroxylation sites is 1. The molecule has 0 radical (unpaired) electrons. The molecule has 4 rings (SSSR count). The van der Waals surface area contributed by atoms with Crippen LogP contribution < -0.4 is 0 Å². The smallest absolute Gasteiger partial charge is 0.241 e. The van der Waals surface area contributed by atoms with Gasteiger partial charge in [0.05, 0.1) is 12.2 Å². The first kappa shape index (κ1) is 12.7. The van der Waals surface area contributed by atoms with Crippen molar-refractivity contribution >= 4 is 28.3 Å². The van der Waals surface area contributed by atoms with Gasteiger partial charge in [-0.2, -0.15) is 0 Å². The highest BCUT2D eigenvalue weighted by molar-refractivity contribution is 7.10. The van der Waals surface area contributed by atoms with Crippen LogP contribution in [0.25, 0.3) is 17.0 Å². The Morgan fingerprint density at radius 3 is 3.00 bits per heavy atom. The second kappa shape index (κ2) is 5.06. The second-order valence-electron chi connectivity index (χ2n) is 5.03. The fraction of sp³-hybridized carbons (Fsp3) is 0.176. The van der Waals surface area contributed by atoms with Crippen molar-refractivity contribution in [3.8, 4) is 0 Å². The summed E-state index contributed by atoms with van der Waals surface area (Å²) in [5.41, 5.74) is 2.29. The Kier molecular flexibility index (Phi) is 3.05. The van der Waals surface area contributed by atoms with Crippen molar-refractivity contribution in [2.24, 2.45) is 0 Å². The summed E-state index contributed by atoms with van der Waals surface area (Å²) in [5, 5.41) is 3.29. The van der Waals surface area contributed by atoms with Gasteiger partial charge < -0.3 is 14.0 Å². The molecular formula is C17H15NO2S. The molecule has 1 aliphatic rings. The first-order chi connectivity index (χ1) is 10.3. The Labute approximate surface area is 127 Å². The van der Waals surface area contributed by atoms with Gasteiger partial charge in [0.15, 0.2) is 0 Å². The van der Waals surface area contributed by atoms with E-state index in [0.717, 1.165) is 18.0 Å². The van der Waals surface area contributed by atoms with Crippen LogP contribution in [-0.4, -0.2) is 11.7 Å². The van der Waals surface area contributed by atoms with Crippen molar-refractivity contribution in [3.63, 3.8) is 0 Å². The number of aromatic nitrogens is 1. The number of allylic oxidation sites excluding steroid dienone is 1. The fourth-order valence-corrected chi connectivity index (χ4v) is 3.45. The molecule has 21 heavy (non-hydrogen) atoms. The van der Waals surface area contributed by atoms with E-state index in [2.05, 4.69) is 52.4 Å². The molecular weight excluding hydrogens is 282 g/mol. The normalized spacial score (nSPS) is 19.7. The summed E-state index contributed by atoms with van der Waals surface area (Å²) >= 11 is 1.71. The van der Waals surface area contributed by atoms with E-state index in [1.54, 1.807) is 18.4 Å². The number of hydrogen-bond acceptors (Lipinski definition) is 3. The topological polar surface area (TPSA) is 23.4 Å². The van der Waals surface area contributed by atoms with Crippen LogP contribution in [0.2, 0.25) is 0 Å². The van der Waals surface area contributed by atoms with Crippen molar-refractivity contribution in [2.45, 2.75) is 12.8 Å². The molecule has 1 aliphatic heterocycles. The standard InChI is InChI=1S/C17H15NO2S/c1-19-17-16-9-12-5-2-3-7-15(12)18(16)11-13(20-17)10-14-6-4-8-21-14/h2-10,17H,11H2,1H3/b13-10-. The molecule has 0 saturated carbocycles. The molecule has 0 amide bonds. The minimum Gasteiger partial charge on any atom is -0.461 e. The Morgan fingerprint density at radius 1 is 1.29 bits per heavy atom. The summed E-state index contributed by atoms with van der Waals surface area (Å²) < 4.78 is 13.8. The molecule has 0 spiro atoms. The molecule has 0 fully saturated rings. The summed E-state index contributed by atoms with van der Waals surface area (Å²) in [6.07, 6.45) is 1.74. The average molecular weight is 297 g/mol. The van der Waals surface area contributed by atoms with Crippen LogP contribution in [0.5, 0.6) is 0 Å². The quantitative estimate of drug-likeness (QED) is 0.699. The van der Waals surface area contributed by atoms with Crippen molar-refractivity contribution in [3.05, 3.63) is 64.2 Å². The van der Waals surface area contributed by atoms with E-state index in [9.17, 15) is 0 Å². The lowest BCUT2D eigenvalue weighted by molar-refractivity contribution is -0.114. The predicted molar refractivity (Wildman–Crippen MR) is 85.1 cm³/mol. The zero-order chi connectivity index (χ0) is 14.2. The number of fused-ring (bicyclic) bond motifs is 3. The van der Waals surface area contributed by atoms with Crippen LogP contribution in [-0.2, 0) is 16.0 Å². The van der Waals surface area contributed by atoms with Gasteiger partial charge in [0.25, 0.3) is 0 Å². The molecule has 4 heteroatoms. The molecule has 106 valence electrons. The number of ether oxygens (including phenoxy) is 2. The van der Waals surface area contributed by atoms with Gasteiger partial charge in [-0.15, -0.1) is 11.3 Å². The van der Waals surface area contributed by atoms with Gasteiger partial charge in [0.1, 0.15) is 5.76 Å². The highest BCUT2D eigenvalue weighted by atomic mass is 32.1. The third kappa shape index (κ3) is 2.17. The van der Waals surface area contributed by atoms with Crippen molar-refractivity contribution in [1.82, 2.24) is 4.57 Å². The Balaban J connectivity index is 1.82. The summed E-state index contributed by atoms with van der Waals surface area (Å²) in [5.74, 6) is 0.929. The van der Waals surface area contributed by atoms with Crippen LogP contribution in [0.1, 0.15) is 16.9 Å². The zero-order valence-electron chi connectivity index (χ0n) is 11.7. The maximum atomic E-state index is 5.99. The fourth-order valence-electron chi connectivity index (χ4n) is 2.78. The molecule has 0 saturated heterocycles. The highest BCUT2D eigenvalue weighted by Gasteiger charge is 2.26. The van der Waals surface area contributed by atoms with Gasteiger partial charge in [0.2, 0.25) is 6.29 Å². The summed E-state index contributed by atoms with van der Waals surface area (Å²) in [4.78, 5) is 1.19. The number of rotatable bonds is 2. The van der Waals surface area contributed by atoms with Crippen molar-refractivity contribution in [2.75, 3.05) is 7.11 Å². The molecule has 3 nitrogen and oxygen atoms in total. The number of nitrogens with zero attached hydrogens (tertiary/aromatic N) is 1. The SMILES string of the molecule is COC1O/C(=C\c2cccs2)Cn2c1cc1ccccc12. The van der Waals surface area contributed by atoms with Gasteiger partial charge in [-0.3, -0.25) is 0 Å². The van der Waals surface area contributed by atoms with E-state index in [0.29, 0.717) is 0 Å². The van der Waals surface area contributed by atoms with Crippen LogP contribution in [0.3, 0.4) is 0 Å². The van der Waals surface area contributed by atoms with Crippen LogP contribution >= 0.6 is 11.3 Å². The molecule has 0 aliphatic carbocycles. The van der Waals surface area contributed by atoms with E-state index in [-0.39, 0.29) is 6.29 Å². The zero-order valence-corrected chi connectivity index (χ0v) is 12.5. The first-order valence-corrected chi connectivity index (χ1v) is 7.75.